The van der Waals surface area contributed by atoms with Gasteiger partial charge in [-0.2, -0.15) is 0 Å². The molecule has 0 bridgehead atoms. The van der Waals surface area contributed by atoms with Crippen LogP contribution in [0.25, 0.3) is 6.08 Å². The van der Waals surface area contributed by atoms with Crippen LogP contribution in [0.5, 0.6) is 0 Å². The van der Waals surface area contributed by atoms with Gasteiger partial charge >= 0.3 is 0 Å². The molecule has 1 saturated carbocycles. The lowest BCUT2D eigenvalue weighted by Gasteiger charge is -2.04. The Kier molecular flexibility index (Phi) is 3.62. The number of benzene rings is 1. The number of nitrogens with one attached hydrogen (secondary N) is 1. The van der Waals surface area contributed by atoms with E-state index in [1.54, 1.807) is 12.1 Å². The van der Waals surface area contributed by atoms with Crippen LogP contribution in [-0.2, 0) is 0 Å². The van der Waals surface area contributed by atoms with Crippen LogP contribution >= 0.6 is 11.6 Å². The predicted molar refractivity (Wildman–Crippen MR) is 66.1 cm³/mol. The largest absolute Gasteiger partial charge is 0.310 e. The molecular formula is C13H15ClFN. The van der Waals surface area contributed by atoms with Crippen molar-refractivity contribution >= 4 is 17.7 Å². The fraction of sp³-hybridized carbons (Fsp3) is 0.385. The normalized spacial score (nSPS) is 16.6. The van der Waals surface area contributed by atoms with Gasteiger partial charge in [0, 0.05) is 23.2 Å². The summed E-state index contributed by atoms with van der Waals surface area (Å²) < 4.78 is 13.4. The van der Waals surface area contributed by atoms with Gasteiger partial charge in [0.2, 0.25) is 0 Å². The van der Waals surface area contributed by atoms with Crippen LogP contribution < -0.4 is 5.32 Å². The molecule has 1 aromatic carbocycles. The van der Waals surface area contributed by atoms with E-state index >= 15 is 0 Å². The first-order valence-electron chi connectivity index (χ1n) is 5.51. The number of hydrogen-bond acceptors (Lipinski definition) is 1. The summed E-state index contributed by atoms with van der Waals surface area (Å²) in [5, 5.41) is 3.95. The molecule has 0 heterocycles. The Morgan fingerprint density at radius 2 is 2.31 bits per heavy atom. The molecule has 3 heteroatoms. The van der Waals surface area contributed by atoms with Crippen molar-refractivity contribution < 1.29 is 4.39 Å². The topological polar surface area (TPSA) is 12.0 Å². The zero-order valence-corrected chi connectivity index (χ0v) is 10.0. The molecule has 0 atom stereocenters. The highest BCUT2D eigenvalue weighted by molar-refractivity contribution is 6.30. The van der Waals surface area contributed by atoms with Crippen LogP contribution in [0.4, 0.5) is 4.39 Å². The third kappa shape index (κ3) is 3.32. The van der Waals surface area contributed by atoms with Crippen LogP contribution in [0.15, 0.2) is 23.8 Å². The van der Waals surface area contributed by atoms with Crippen molar-refractivity contribution in [2.24, 2.45) is 0 Å². The van der Waals surface area contributed by atoms with Crippen LogP contribution in [0.2, 0.25) is 5.02 Å². The van der Waals surface area contributed by atoms with E-state index in [0.717, 1.165) is 12.1 Å². The van der Waals surface area contributed by atoms with Crippen molar-refractivity contribution in [3.63, 3.8) is 0 Å². The Hall–Kier alpha value is -0.860. The Balaban J connectivity index is 2.04. The first-order valence-corrected chi connectivity index (χ1v) is 5.88. The second-order valence-corrected chi connectivity index (χ2v) is 4.75. The minimum atomic E-state index is -0.227. The van der Waals surface area contributed by atoms with E-state index in [1.165, 1.54) is 18.9 Å². The second kappa shape index (κ2) is 4.98. The molecule has 1 nitrogen and oxygen atoms in total. The molecule has 1 N–H and O–H groups in total. The van der Waals surface area contributed by atoms with Gasteiger partial charge in [-0.25, -0.2) is 4.39 Å². The van der Waals surface area contributed by atoms with E-state index < -0.39 is 0 Å². The minimum Gasteiger partial charge on any atom is -0.310 e. The van der Waals surface area contributed by atoms with Crippen LogP contribution in [0.3, 0.4) is 0 Å². The number of halogens is 2. The highest BCUT2D eigenvalue weighted by Gasteiger charge is 2.19. The van der Waals surface area contributed by atoms with Gasteiger partial charge in [-0.15, -0.1) is 0 Å². The zero-order chi connectivity index (χ0) is 11.5. The van der Waals surface area contributed by atoms with Gasteiger partial charge in [-0.05, 0) is 38.0 Å². The molecule has 1 aromatic rings. The number of hydrogen-bond donors (Lipinski definition) is 1. The average Bonchev–Trinajstić information content (AvgIpc) is 3.04. The van der Waals surface area contributed by atoms with E-state index in [2.05, 4.69) is 5.32 Å². The molecule has 0 aliphatic heterocycles. The van der Waals surface area contributed by atoms with Crippen molar-refractivity contribution in [3.05, 3.63) is 40.2 Å². The van der Waals surface area contributed by atoms with Gasteiger partial charge in [0.1, 0.15) is 5.82 Å². The first-order chi connectivity index (χ1) is 7.65. The highest BCUT2D eigenvalue weighted by Crippen LogP contribution is 2.20. The van der Waals surface area contributed by atoms with Crippen molar-refractivity contribution in [3.8, 4) is 0 Å². The van der Waals surface area contributed by atoms with E-state index in [0.29, 0.717) is 16.6 Å². The molecule has 16 heavy (non-hydrogen) atoms. The summed E-state index contributed by atoms with van der Waals surface area (Å²) in [7, 11) is 0. The summed E-state index contributed by atoms with van der Waals surface area (Å²) in [6, 6.07) is 5.28. The molecule has 0 radical (unpaired) electrons. The molecule has 0 saturated heterocycles. The first kappa shape index (κ1) is 11.6. The summed E-state index contributed by atoms with van der Waals surface area (Å²) in [4.78, 5) is 0. The van der Waals surface area contributed by atoms with Crippen molar-refractivity contribution in [1.29, 1.82) is 0 Å². The standard InChI is InChI=1S/C13H15ClFN/c1-9(8-16-12-3-4-12)6-10-7-11(14)2-5-13(10)15/h2,5-7,12,16H,3-4,8H2,1H3/b9-6-. The van der Waals surface area contributed by atoms with E-state index in [9.17, 15) is 4.39 Å². The molecule has 2 rings (SSSR count). The van der Waals surface area contributed by atoms with Crippen LogP contribution in [0, 0.1) is 5.82 Å². The maximum Gasteiger partial charge on any atom is 0.130 e. The van der Waals surface area contributed by atoms with Gasteiger partial charge in [0.15, 0.2) is 0 Å². The minimum absolute atomic E-state index is 0.227. The molecule has 0 aromatic heterocycles. The number of rotatable bonds is 4. The molecule has 0 unspecified atom stereocenters. The Morgan fingerprint density at radius 3 is 3.00 bits per heavy atom. The van der Waals surface area contributed by atoms with E-state index in [1.807, 2.05) is 13.0 Å². The fourth-order valence-electron chi connectivity index (χ4n) is 1.53. The molecular weight excluding hydrogens is 225 g/mol. The molecule has 1 fully saturated rings. The highest BCUT2D eigenvalue weighted by atomic mass is 35.5. The second-order valence-electron chi connectivity index (χ2n) is 4.31. The summed E-state index contributed by atoms with van der Waals surface area (Å²) in [6.07, 6.45) is 4.37. The Labute approximate surface area is 100 Å². The maximum atomic E-state index is 13.4. The van der Waals surface area contributed by atoms with Crippen LogP contribution in [0.1, 0.15) is 25.3 Å². The van der Waals surface area contributed by atoms with Crippen molar-refractivity contribution in [2.45, 2.75) is 25.8 Å². The average molecular weight is 240 g/mol. The quantitative estimate of drug-likeness (QED) is 0.846. The third-order valence-electron chi connectivity index (χ3n) is 2.61. The monoisotopic (exact) mass is 239 g/mol. The smallest absolute Gasteiger partial charge is 0.130 e. The van der Waals surface area contributed by atoms with Crippen LogP contribution in [-0.4, -0.2) is 12.6 Å². The van der Waals surface area contributed by atoms with Gasteiger partial charge in [-0.3, -0.25) is 0 Å². The molecule has 0 amide bonds. The zero-order valence-electron chi connectivity index (χ0n) is 9.26. The lowest BCUT2D eigenvalue weighted by atomic mass is 10.1. The molecule has 86 valence electrons. The molecule has 0 spiro atoms. The van der Waals surface area contributed by atoms with E-state index in [4.69, 9.17) is 11.6 Å². The predicted octanol–water partition coefficient (Wildman–Crippen LogP) is 3.63. The SMILES string of the molecule is C/C(=C/c1cc(Cl)ccc1F)CNC1CC1. The van der Waals surface area contributed by atoms with Gasteiger partial charge in [0.05, 0.1) is 0 Å². The van der Waals surface area contributed by atoms with Crippen molar-refractivity contribution in [1.82, 2.24) is 5.32 Å². The summed E-state index contributed by atoms with van der Waals surface area (Å²) >= 11 is 5.83. The third-order valence-corrected chi connectivity index (χ3v) is 2.84. The summed E-state index contributed by atoms with van der Waals surface area (Å²) in [5.41, 5.74) is 1.68. The summed E-state index contributed by atoms with van der Waals surface area (Å²) in [5.74, 6) is -0.227. The lowest BCUT2D eigenvalue weighted by molar-refractivity contribution is 0.625. The van der Waals surface area contributed by atoms with Gasteiger partial charge in [0.25, 0.3) is 0 Å². The van der Waals surface area contributed by atoms with E-state index in [-0.39, 0.29) is 5.82 Å². The Bertz CT molecular complexity index is 410. The molecule has 1 aliphatic carbocycles. The van der Waals surface area contributed by atoms with Gasteiger partial charge in [-0.1, -0.05) is 23.3 Å². The molecule has 1 aliphatic rings. The Morgan fingerprint density at radius 1 is 1.56 bits per heavy atom. The maximum absolute atomic E-state index is 13.4. The summed E-state index contributed by atoms with van der Waals surface area (Å²) in [6.45, 7) is 2.81. The lowest BCUT2D eigenvalue weighted by Crippen LogP contribution is -2.18. The van der Waals surface area contributed by atoms with Gasteiger partial charge < -0.3 is 5.32 Å². The van der Waals surface area contributed by atoms with Crippen molar-refractivity contribution in [2.75, 3.05) is 6.54 Å². The fourth-order valence-corrected chi connectivity index (χ4v) is 1.72.